The van der Waals surface area contributed by atoms with Gasteiger partial charge in [0.1, 0.15) is 6.04 Å². The van der Waals surface area contributed by atoms with E-state index in [1.807, 2.05) is 7.05 Å². The first kappa shape index (κ1) is 21.6. The van der Waals surface area contributed by atoms with Crippen LogP contribution in [0, 0.1) is 5.92 Å². The van der Waals surface area contributed by atoms with Gasteiger partial charge in [0.05, 0.1) is 12.0 Å². The van der Waals surface area contributed by atoms with E-state index in [4.69, 9.17) is 0 Å². The molecule has 3 aliphatic heterocycles. The zero-order chi connectivity index (χ0) is 21.8. The van der Waals surface area contributed by atoms with Crippen LogP contribution in [0.1, 0.15) is 64.2 Å². The van der Waals surface area contributed by atoms with Gasteiger partial charge in [-0.2, -0.15) is 0 Å². The molecule has 5 aliphatic rings. The number of hydrogen-bond donors (Lipinski definition) is 1. The average Bonchev–Trinajstić information content (AvgIpc) is 3.43. The molecule has 8 heteroatoms. The Morgan fingerprint density at radius 1 is 1.03 bits per heavy atom. The third kappa shape index (κ3) is 4.47. The summed E-state index contributed by atoms with van der Waals surface area (Å²) in [5.41, 5.74) is -0.394. The van der Waals surface area contributed by atoms with Crippen molar-refractivity contribution in [2.75, 3.05) is 33.2 Å². The number of carbonyl (C=O) groups is 2. The number of likely N-dealkylation sites (tertiary alicyclic amines) is 1. The highest BCUT2D eigenvalue weighted by molar-refractivity contribution is 5.92. The quantitative estimate of drug-likeness (QED) is 0.732. The average molecular weight is 439 g/mol. The Hall–Kier alpha value is -1.28. The van der Waals surface area contributed by atoms with Gasteiger partial charge in [0.25, 0.3) is 0 Å². The SMILES string of the molecule is CN(C1CCC(F)(F)CC1)[C@H]1C[C@H]2C(=O)NC3(CCN(CC4CC4)CC3)CC(=O)N2C1. The molecular formula is C23H36F2N4O2. The van der Waals surface area contributed by atoms with Gasteiger partial charge in [-0.1, -0.05) is 0 Å². The van der Waals surface area contributed by atoms with Gasteiger partial charge in [0.15, 0.2) is 0 Å². The van der Waals surface area contributed by atoms with Gasteiger partial charge in [-0.05, 0) is 57.9 Å². The molecule has 1 spiro atoms. The van der Waals surface area contributed by atoms with Crippen LogP contribution < -0.4 is 5.32 Å². The fourth-order valence-corrected chi connectivity index (χ4v) is 6.27. The number of hydrogen-bond acceptors (Lipinski definition) is 4. The van der Waals surface area contributed by atoms with Gasteiger partial charge in [-0.15, -0.1) is 0 Å². The molecule has 2 atom stereocenters. The first-order valence-corrected chi connectivity index (χ1v) is 12.2. The maximum Gasteiger partial charge on any atom is 0.248 e. The van der Waals surface area contributed by atoms with Crippen molar-refractivity contribution in [3.05, 3.63) is 0 Å². The van der Waals surface area contributed by atoms with Crippen molar-refractivity contribution >= 4 is 11.8 Å². The number of amides is 2. The summed E-state index contributed by atoms with van der Waals surface area (Å²) in [6.07, 6.45) is 6.18. The van der Waals surface area contributed by atoms with E-state index in [2.05, 4.69) is 15.1 Å². The Bertz CT molecular complexity index is 682. The Kier molecular flexibility index (Phi) is 5.52. The van der Waals surface area contributed by atoms with Crippen LogP contribution in [0.2, 0.25) is 0 Å². The minimum atomic E-state index is -2.54. The second-order valence-corrected chi connectivity index (χ2v) is 10.9. The van der Waals surface area contributed by atoms with Crippen LogP contribution in [0.4, 0.5) is 8.78 Å². The lowest BCUT2D eigenvalue weighted by molar-refractivity contribution is -0.135. The van der Waals surface area contributed by atoms with Crippen molar-refractivity contribution in [3.8, 4) is 0 Å². The second-order valence-electron chi connectivity index (χ2n) is 10.9. The normalized spacial score (nSPS) is 34.1. The minimum Gasteiger partial charge on any atom is -0.348 e. The topological polar surface area (TPSA) is 55.9 Å². The molecule has 31 heavy (non-hydrogen) atoms. The minimum absolute atomic E-state index is 0.0208. The van der Waals surface area contributed by atoms with Gasteiger partial charge >= 0.3 is 0 Å². The molecule has 5 fully saturated rings. The third-order valence-corrected chi connectivity index (χ3v) is 8.65. The number of alkyl halides is 2. The molecule has 0 radical (unpaired) electrons. The van der Waals surface area contributed by atoms with Gasteiger partial charge in [0.2, 0.25) is 17.7 Å². The number of likely N-dealkylation sites (N-methyl/N-ethyl adjacent to an activating group) is 1. The van der Waals surface area contributed by atoms with Crippen molar-refractivity contribution < 1.29 is 18.4 Å². The number of nitrogens with zero attached hydrogens (tertiary/aromatic N) is 3. The maximum absolute atomic E-state index is 13.5. The maximum atomic E-state index is 13.5. The largest absolute Gasteiger partial charge is 0.348 e. The summed E-state index contributed by atoms with van der Waals surface area (Å²) in [6, 6.07) is -0.256. The van der Waals surface area contributed by atoms with E-state index in [1.165, 1.54) is 12.8 Å². The molecule has 174 valence electrons. The monoisotopic (exact) mass is 438 g/mol. The van der Waals surface area contributed by atoms with Crippen molar-refractivity contribution in [1.29, 1.82) is 0 Å². The molecule has 0 aromatic carbocycles. The van der Waals surface area contributed by atoms with E-state index in [9.17, 15) is 18.4 Å². The van der Waals surface area contributed by atoms with Gasteiger partial charge in [-0.25, -0.2) is 8.78 Å². The van der Waals surface area contributed by atoms with E-state index in [1.54, 1.807) is 4.90 Å². The van der Waals surface area contributed by atoms with Crippen LogP contribution in [-0.4, -0.2) is 89.3 Å². The predicted molar refractivity (Wildman–Crippen MR) is 113 cm³/mol. The molecule has 2 saturated carbocycles. The van der Waals surface area contributed by atoms with Crippen LogP contribution in [0.25, 0.3) is 0 Å². The molecule has 0 bridgehead atoms. The fourth-order valence-electron chi connectivity index (χ4n) is 6.27. The van der Waals surface area contributed by atoms with Crippen molar-refractivity contribution in [2.45, 2.75) is 93.8 Å². The number of carbonyl (C=O) groups excluding carboxylic acids is 2. The lowest BCUT2D eigenvalue weighted by Crippen LogP contribution is -2.56. The summed E-state index contributed by atoms with van der Waals surface area (Å²) >= 11 is 0. The third-order valence-electron chi connectivity index (χ3n) is 8.65. The Balaban J connectivity index is 1.20. The predicted octanol–water partition coefficient (Wildman–Crippen LogP) is 2.23. The standard InChI is InChI=1S/C23H36F2N4O2/c1-27(17-4-6-23(24,25)7-5-17)18-12-19-21(31)26-22(13-20(30)29(19)15-18)8-10-28(11-9-22)14-16-2-3-16/h16-19H,2-15H2,1H3,(H,26,31)/t18-,19-/m0/s1. The highest BCUT2D eigenvalue weighted by atomic mass is 19.3. The van der Waals surface area contributed by atoms with Crippen molar-refractivity contribution in [2.24, 2.45) is 5.92 Å². The summed E-state index contributed by atoms with van der Waals surface area (Å²) < 4.78 is 27.1. The van der Waals surface area contributed by atoms with Gasteiger partial charge in [0, 0.05) is 51.1 Å². The Morgan fingerprint density at radius 3 is 2.35 bits per heavy atom. The lowest BCUT2D eigenvalue weighted by Gasteiger charge is -2.41. The number of rotatable bonds is 4. The van der Waals surface area contributed by atoms with Crippen LogP contribution in [0.5, 0.6) is 0 Å². The molecule has 1 N–H and O–H groups in total. The van der Waals surface area contributed by atoms with E-state index < -0.39 is 17.5 Å². The molecule has 2 aliphatic carbocycles. The molecular weight excluding hydrogens is 402 g/mol. The number of halogens is 2. The van der Waals surface area contributed by atoms with Crippen molar-refractivity contribution in [3.63, 3.8) is 0 Å². The zero-order valence-electron chi connectivity index (χ0n) is 18.6. The summed E-state index contributed by atoms with van der Waals surface area (Å²) in [5.74, 6) is -1.63. The smallest absolute Gasteiger partial charge is 0.248 e. The molecule has 0 aromatic heterocycles. The summed E-state index contributed by atoms with van der Waals surface area (Å²) in [6.45, 7) is 3.59. The molecule has 0 aromatic rings. The Morgan fingerprint density at radius 2 is 1.71 bits per heavy atom. The van der Waals surface area contributed by atoms with Crippen molar-refractivity contribution in [1.82, 2.24) is 20.0 Å². The highest BCUT2D eigenvalue weighted by Crippen LogP contribution is 2.38. The van der Waals surface area contributed by atoms with E-state index >= 15 is 0 Å². The molecule has 5 rings (SSSR count). The number of piperidine rings is 1. The van der Waals surface area contributed by atoms with Gasteiger partial charge < -0.3 is 15.1 Å². The first-order valence-electron chi connectivity index (χ1n) is 12.2. The number of nitrogens with one attached hydrogen (secondary N) is 1. The van der Waals surface area contributed by atoms with Crippen LogP contribution in [-0.2, 0) is 9.59 Å². The highest BCUT2D eigenvalue weighted by Gasteiger charge is 2.50. The molecule has 3 heterocycles. The van der Waals surface area contributed by atoms with E-state index in [0.717, 1.165) is 38.4 Å². The molecule has 3 saturated heterocycles. The molecule has 0 unspecified atom stereocenters. The fraction of sp³-hybridized carbons (Fsp3) is 0.913. The second kappa shape index (κ2) is 7.94. The van der Waals surface area contributed by atoms with E-state index in [0.29, 0.717) is 32.2 Å². The Labute approximate surface area is 183 Å². The lowest BCUT2D eigenvalue weighted by atomic mass is 9.84. The summed E-state index contributed by atoms with van der Waals surface area (Å²) in [4.78, 5) is 32.8. The summed E-state index contributed by atoms with van der Waals surface area (Å²) in [7, 11) is 1.98. The van der Waals surface area contributed by atoms with Gasteiger partial charge in [-0.3, -0.25) is 14.5 Å². The van der Waals surface area contributed by atoms with Crippen LogP contribution in [0.15, 0.2) is 0 Å². The van der Waals surface area contributed by atoms with Crippen LogP contribution >= 0.6 is 0 Å². The van der Waals surface area contributed by atoms with E-state index in [-0.39, 0.29) is 36.7 Å². The molecule has 6 nitrogen and oxygen atoms in total. The first-order chi connectivity index (χ1) is 14.7. The zero-order valence-corrected chi connectivity index (χ0v) is 18.6. The van der Waals surface area contributed by atoms with Crippen LogP contribution in [0.3, 0.4) is 0 Å². The summed E-state index contributed by atoms with van der Waals surface area (Å²) in [5, 5.41) is 3.29. The number of fused-ring (bicyclic) bond motifs is 1. The molecule has 2 amide bonds.